The summed E-state index contributed by atoms with van der Waals surface area (Å²) in [6.45, 7) is 16.6. The molecule has 15 N–H and O–H groups in total. The van der Waals surface area contributed by atoms with Crippen LogP contribution in [0.1, 0.15) is 62.3 Å². The van der Waals surface area contributed by atoms with Crippen molar-refractivity contribution >= 4 is 55.8 Å². The van der Waals surface area contributed by atoms with Gasteiger partial charge in [-0.15, -0.1) is 0 Å². The number of aliphatic hydroxyl groups is 15. The minimum Gasteiger partial charge on any atom is -0.405 e. The van der Waals surface area contributed by atoms with Gasteiger partial charge in [0.25, 0.3) is 16.6 Å². The van der Waals surface area contributed by atoms with Gasteiger partial charge in [0, 0.05) is 0 Å². The molecule has 474 valence electrons. The van der Waals surface area contributed by atoms with E-state index >= 15 is 0 Å². The second-order valence-corrected chi connectivity index (χ2v) is 38.4. The molecule has 0 bridgehead atoms. The Kier molecular flexibility index (Phi) is 28.5. The van der Waals surface area contributed by atoms with Crippen LogP contribution in [0.25, 0.3) is 0 Å². The molecule has 6 aromatic carbocycles. The summed E-state index contributed by atoms with van der Waals surface area (Å²) in [5.41, 5.74) is 0. The van der Waals surface area contributed by atoms with E-state index in [0.29, 0.717) is 0 Å². The summed E-state index contributed by atoms with van der Waals surface area (Å²) in [6, 6.07) is 60.3. The largest absolute Gasteiger partial charge is 0.405 e. The quantitative estimate of drug-likeness (QED) is 0.0329. The molecule has 0 saturated carbocycles. The molecule has 0 aliphatic heterocycles. The van der Waals surface area contributed by atoms with E-state index in [1.165, 1.54) is 0 Å². The first-order chi connectivity index (χ1) is 40.4. The molecule has 0 fully saturated rings. The third kappa shape index (κ3) is 17.8. The fourth-order valence-electron chi connectivity index (χ4n) is 11.3. The number of rotatable bonds is 26. The van der Waals surface area contributed by atoms with Crippen molar-refractivity contribution in [3.63, 3.8) is 0 Å². The maximum atomic E-state index is 11.2. The number of aliphatic hydroxyl groups excluding tert-OH is 15. The standard InChI is InChI=1S/C38H50O6Si2.C22H32O5Si.C6H14O6/c1-37(2,3)45(29-19-11-7-12-20-29,30-21-13-8-14-22-30)43-27-33(39)35(41)36(42)34(40)28-44-46(38(4,5)6,31-23-15-9-16-24-31)32-25-17-10-18-26-32;1-22(2,3)28(16-10-6-4-7-11-16,17-12-8-5-9-13-17)15-19(25)21(27)20(26)18(24)14-23;7-1-3(9)5(11)6(12)4(10)2-8/h7-26,33-36,39-42H,27-28H2,1-6H3;4-13,18-21,23-27H,14-15H2,1-3H3;3-12H,1-2H2/t33-,34-,35-,36-;18-,19-,20-,21-;3-,4-,5-,6-/m111/s1. The second-order valence-electron chi connectivity index (χ2n) is 24.9. The molecule has 6 aromatic rings. The molecule has 17 nitrogen and oxygen atoms in total. The van der Waals surface area contributed by atoms with Gasteiger partial charge in [0.05, 0.1) is 39.1 Å². The second kappa shape index (κ2) is 33.2. The van der Waals surface area contributed by atoms with Gasteiger partial charge >= 0.3 is 0 Å². The first kappa shape index (κ1) is 73.8. The average Bonchev–Trinajstić information content (AvgIpc) is 0.837. The van der Waals surface area contributed by atoms with Crippen LogP contribution in [0.5, 0.6) is 0 Å². The van der Waals surface area contributed by atoms with Gasteiger partial charge in [-0.3, -0.25) is 0 Å². The highest BCUT2D eigenvalue weighted by atomic mass is 28.4. The molecule has 0 aromatic heterocycles. The van der Waals surface area contributed by atoms with Crippen molar-refractivity contribution in [3.8, 4) is 0 Å². The molecule has 86 heavy (non-hydrogen) atoms. The van der Waals surface area contributed by atoms with Gasteiger partial charge in [0.2, 0.25) is 0 Å². The summed E-state index contributed by atoms with van der Waals surface area (Å²) in [5, 5.41) is 153. The molecule has 0 aliphatic carbocycles. The van der Waals surface area contributed by atoms with Gasteiger partial charge in [-0.1, -0.05) is 255 Å². The van der Waals surface area contributed by atoms with E-state index in [1.807, 2.05) is 158 Å². The lowest BCUT2D eigenvalue weighted by Gasteiger charge is -2.46. The molecule has 0 aliphatic rings. The molecule has 12 atom stereocenters. The normalized spacial score (nSPS) is 16.9. The lowest BCUT2D eigenvalue weighted by Crippen LogP contribution is -2.68. The van der Waals surface area contributed by atoms with Gasteiger partial charge in [-0.2, -0.15) is 0 Å². The van der Waals surface area contributed by atoms with Crippen molar-refractivity contribution in [2.75, 3.05) is 33.0 Å². The summed E-state index contributed by atoms with van der Waals surface area (Å²) in [7, 11) is -8.61. The first-order valence-corrected chi connectivity index (χ1v) is 35.1. The first-order valence-electron chi connectivity index (χ1n) is 29.0. The van der Waals surface area contributed by atoms with Gasteiger partial charge in [0.1, 0.15) is 75.2 Å². The molecule has 0 spiro atoms. The fourth-order valence-corrected chi connectivity index (χ4v) is 26.0. The Morgan fingerprint density at radius 1 is 0.279 bits per heavy atom. The Balaban J connectivity index is 0.000000334. The molecular weight excluding hydrogens is 1150 g/mol. The number of benzene rings is 6. The average molecular weight is 1250 g/mol. The lowest BCUT2D eigenvalue weighted by molar-refractivity contribution is -0.123. The fraction of sp³-hybridized carbons (Fsp3) is 0.455. The topological polar surface area (TPSA) is 322 Å². The van der Waals surface area contributed by atoms with E-state index in [2.05, 4.69) is 86.6 Å². The third-order valence-corrected chi connectivity index (χ3v) is 32.3. The van der Waals surface area contributed by atoms with Crippen LogP contribution in [0.3, 0.4) is 0 Å². The predicted octanol–water partition coefficient (Wildman–Crippen LogP) is 0.483. The summed E-state index contributed by atoms with van der Waals surface area (Å²) in [4.78, 5) is 0. The molecule has 0 radical (unpaired) electrons. The monoisotopic (exact) mass is 1240 g/mol. The molecule has 20 heteroatoms. The lowest BCUT2D eigenvalue weighted by atomic mass is 10.0. The molecule has 0 saturated heterocycles. The zero-order valence-corrected chi connectivity index (χ0v) is 54.0. The predicted molar refractivity (Wildman–Crippen MR) is 343 cm³/mol. The van der Waals surface area contributed by atoms with Gasteiger partial charge in [0.15, 0.2) is 0 Å². The van der Waals surface area contributed by atoms with Crippen LogP contribution in [0.4, 0.5) is 0 Å². The van der Waals surface area contributed by atoms with E-state index < -0.39 is 118 Å². The molecule has 6 rings (SSSR count). The SMILES string of the molecule is CC(C)(C)[Si](C[C@@H](O)[C@@H](O)[C@H](O)[C@H](O)CO)(c1ccccc1)c1ccccc1.CC(C)(C)[Si](OC[C@@H](O)[C@@H](O)[C@H](O)[C@H](O)CO[Si](c1ccccc1)(c1ccccc1)C(C)(C)C)(c1ccccc1)c1ccccc1.OC[C@@H](O)[C@@H](O)[C@H](O)[C@H](O)CO. The Morgan fingerprint density at radius 2 is 0.477 bits per heavy atom. The van der Waals surface area contributed by atoms with E-state index in [9.17, 15) is 40.9 Å². The summed E-state index contributed by atoms with van der Waals surface area (Å²) < 4.78 is 13.5. The Hall–Kier alpha value is -4.71. The van der Waals surface area contributed by atoms with E-state index in [-0.39, 0.29) is 34.4 Å². The van der Waals surface area contributed by atoms with Crippen LogP contribution >= 0.6 is 0 Å². The van der Waals surface area contributed by atoms with Crippen LogP contribution < -0.4 is 31.1 Å². The highest BCUT2D eigenvalue weighted by molar-refractivity contribution is 7.04. The van der Waals surface area contributed by atoms with Crippen molar-refractivity contribution in [2.45, 2.75) is 157 Å². The number of hydrogen-bond donors (Lipinski definition) is 15. The van der Waals surface area contributed by atoms with Crippen LogP contribution in [-0.2, 0) is 8.85 Å². The van der Waals surface area contributed by atoms with E-state index in [4.69, 9.17) is 44.6 Å². The Labute approximate surface area is 510 Å². The smallest absolute Gasteiger partial charge is 0.261 e. The summed E-state index contributed by atoms with van der Waals surface area (Å²) in [6.07, 6.45) is -18.6. The molecule has 0 amide bonds. The van der Waals surface area contributed by atoms with Crippen molar-refractivity contribution in [2.24, 2.45) is 0 Å². The summed E-state index contributed by atoms with van der Waals surface area (Å²) in [5.74, 6) is 0. The van der Waals surface area contributed by atoms with Crippen molar-refractivity contribution in [3.05, 3.63) is 182 Å². The van der Waals surface area contributed by atoms with Crippen molar-refractivity contribution < 1.29 is 85.4 Å². The van der Waals surface area contributed by atoms with Crippen LogP contribution in [0.15, 0.2) is 182 Å². The minimum atomic E-state index is -2.99. The number of hydrogen-bond acceptors (Lipinski definition) is 17. The highest BCUT2D eigenvalue weighted by Gasteiger charge is 2.53. The van der Waals surface area contributed by atoms with Crippen molar-refractivity contribution in [1.29, 1.82) is 0 Å². The summed E-state index contributed by atoms with van der Waals surface area (Å²) >= 11 is 0. The molecular formula is C66H96O17Si3. The minimum absolute atomic E-state index is 0.211. The maximum absolute atomic E-state index is 11.2. The molecule has 0 unspecified atom stereocenters. The van der Waals surface area contributed by atoms with Crippen LogP contribution in [0.2, 0.25) is 21.2 Å². The zero-order chi connectivity index (χ0) is 64.3. The van der Waals surface area contributed by atoms with Crippen LogP contribution in [0, 0.1) is 0 Å². The van der Waals surface area contributed by atoms with E-state index in [1.54, 1.807) is 0 Å². The van der Waals surface area contributed by atoms with Crippen LogP contribution in [-0.4, -0.2) is 208 Å². The van der Waals surface area contributed by atoms with Crippen molar-refractivity contribution in [1.82, 2.24) is 0 Å². The highest BCUT2D eigenvalue weighted by Crippen LogP contribution is 2.41. The Morgan fingerprint density at radius 3 is 0.674 bits per heavy atom. The van der Waals surface area contributed by atoms with Gasteiger partial charge in [-0.05, 0) is 41.9 Å². The van der Waals surface area contributed by atoms with Gasteiger partial charge < -0.3 is 85.4 Å². The zero-order valence-electron chi connectivity index (χ0n) is 51.0. The van der Waals surface area contributed by atoms with E-state index in [0.717, 1.165) is 31.1 Å². The third-order valence-electron chi connectivity index (χ3n) is 16.1. The Bertz CT molecular complexity index is 2550. The molecule has 0 heterocycles. The van der Waals surface area contributed by atoms with Gasteiger partial charge in [-0.25, -0.2) is 0 Å². The maximum Gasteiger partial charge on any atom is 0.261 e.